The third-order valence-electron chi connectivity index (χ3n) is 4.22. The minimum Gasteiger partial charge on any atom is -0.394 e. The number of carbonyl (C=O) groups is 1. The number of amides is 1. The summed E-state index contributed by atoms with van der Waals surface area (Å²) in [7, 11) is 0. The number of nitrogens with two attached hydrogens (primary N) is 1. The zero-order chi connectivity index (χ0) is 18.2. The summed E-state index contributed by atoms with van der Waals surface area (Å²) in [5.41, 5.74) is 4.15. The zero-order valence-electron chi connectivity index (χ0n) is 13.0. The molecule has 1 aliphatic rings. The first-order valence-corrected chi connectivity index (χ1v) is 7.53. The van der Waals surface area contributed by atoms with Gasteiger partial charge in [0, 0.05) is 5.56 Å². The number of ether oxygens (including phenoxy) is 1. The summed E-state index contributed by atoms with van der Waals surface area (Å²) < 4.78 is 6.28. The van der Waals surface area contributed by atoms with Crippen LogP contribution in [-0.2, 0) is 15.3 Å². The van der Waals surface area contributed by atoms with Crippen LogP contribution in [0.3, 0.4) is 0 Å². The molecule has 5 atom stereocenters. The highest BCUT2D eigenvalue weighted by molar-refractivity contribution is 5.82. The SMILES string of the molecule is NC(=O)[C@@]1(n2cc(-c3ccccc3)nn2)O[C@H](CO)[C@@H](O)[C@H](O)[C@H]1O. The van der Waals surface area contributed by atoms with Gasteiger partial charge in [-0.1, -0.05) is 35.5 Å². The van der Waals surface area contributed by atoms with Crippen LogP contribution >= 0.6 is 0 Å². The summed E-state index contributed by atoms with van der Waals surface area (Å²) in [6.07, 6.45) is -5.35. The molecule has 1 aromatic carbocycles. The van der Waals surface area contributed by atoms with E-state index in [2.05, 4.69) is 10.3 Å². The molecule has 6 N–H and O–H groups in total. The van der Waals surface area contributed by atoms with E-state index in [0.29, 0.717) is 11.3 Å². The van der Waals surface area contributed by atoms with Gasteiger partial charge in [0.15, 0.2) is 0 Å². The molecule has 0 spiro atoms. The first kappa shape index (κ1) is 17.5. The molecular weight excluding hydrogens is 332 g/mol. The number of aliphatic hydroxyl groups is 4. The maximum atomic E-state index is 12.1. The molecule has 1 aliphatic heterocycles. The lowest BCUT2D eigenvalue weighted by molar-refractivity contribution is -0.296. The normalized spacial score (nSPS) is 32.5. The lowest BCUT2D eigenvalue weighted by Gasteiger charge is -2.46. The van der Waals surface area contributed by atoms with Crippen molar-refractivity contribution in [2.24, 2.45) is 5.73 Å². The zero-order valence-corrected chi connectivity index (χ0v) is 13.0. The molecule has 0 saturated carbocycles. The van der Waals surface area contributed by atoms with Crippen LogP contribution in [-0.4, -0.2) is 72.3 Å². The van der Waals surface area contributed by atoms with E-state index in [0.717, 1.165) is 4.68 Å². The van der Waals surface area contributed by atoms with E-state index < -0.39 is 42.7 Å². The lowest BCUT2D eigenvalue weighted by atomic mass is 9.90. The van der Waals surface area contributed by atoms with Crippen LogP contribution in [0, 0.1) is 0 Å². The standard InChI is InChI=1S/C15H18N4O6/c16-14(24)15(13(23)12(22)11(21)10(7-20)25-15)19-6-9(17-18-19)8-4-2-1-3-5-8/h1-6,10-13,20-23H,7H2,(H2,16,24)/t10-,11-,12+,13-,15+/m1/s1. The Hall–Kier alpha value is -2.37. The second kappa shape index (κ2) is 6.50. The Morgan fingerprint density at radius 3 is 2.52 bits per heavy atom. The third-order valence-corrected chi connectivity index (χ3v) is 4.22. The Kier molecular flexibility index (Phi) is 4.54. The number of primary amides is 1. The quantitative estimate of drug-likeness (QED) is 0.406. The van der Waals surface area contributed by atoms with Crippen LogP contribution in [0.2, 0.25) is 0 Å². The molecular formula is C15H18N4O6. The molecule has 1 aromatic heterocycles. The second-order valence-corrected chi connectivity index (χ2v) is 5.74. The van der Waals surface area contributed by atoms with Crippen molar-refractivity contribution in [1.82, 2.24) is 15.0 Å². The van der Waals surface area contributed by atoms with E-state index in [1.165, 1.54) is 6.20 Å². The highest BCUT2D eigenvalue weighted by atomic mass is 16.6. The fraction of sp³-hybridized carbons (Fsp3) is 0.400. The van der Waals surface area contributed by atoms with Crippen molar-refractivity contribution < 1.29 is 30.0 Å². The van der Waals surface area contributed by atoms with Crippen molar-refractivity contribution in [3.05, 3.63) is 36.5 Å². The monoisotopic (exact) mass is 350 g/mol. The van der Waals surface area contributed by atoms with Crippen molar-refractivity contribution in [2.75, 3.05) is 6.61 Å². The van der Waals surface area contributed by atoms with Gasteiger partial charge in [-0.2, -0.15) is 0 Å². The number of aliphatic hydroxyl groups excluding tert-OH is 4. The lowest BCUT2D eigenvalue weighted by Crippen LogP contribution is -2.70. The van der Waals surface area contributed by atoms with E-state index in [9.17, 15) is 25.2 Å². The van der Waals surface area contributed by atoms with Crippen LogP contribution < -0.4 is 5.73 Å². The van der Waals surface area contributed by atoms with Crippen molar-refractivity contribution >= 4 is 5.91 Å². The molecule has 0 bridgehead atoms. The highest BCUT2D eigenvalue weighted by Gasteiger charge is 2.59. The Bertz CT molecular complexity index is 751. The fourth-order valence-corrected chi connectivity index (χ4v) is 2.83. The maximum Gasteiger partial charge on any atom is 0.275 e. The van der Waals surface area contributed by atoms with Gasteiger partial charge in [0.2, 0.25) is 0 Å². The molecule has 10 nitrogen and oxygen atoms in total. The Balaban J connectivity index is 2.07. The predicted molar refractivity (Wildman–Crippen MR) is 82.6 cm³/mol. The molecule has 0 aliphatic carbocycles. The summed E-state index contributed by atoms with van der Waals surface area (Å²) in [4.78, 5) is 12.1. The topological polar surface area (TPSA) is 164 Å². The molecule has 0 radical (unpaired) electrons. The molecule has 134 valence electrons. The number of aromatic nitrogens is 3. The van der Waals surface area contributed by atoms with Gasteiger partial charge in [-0.15, -0.1) is 5.10 Å². The molecule has 25 heavy (non-hydrogen) atoms. The molecule has 3 rings (SSSR count). The first-order valence-electron chi connectivity index (χ1n) is 7.53. The number of rotatable bonds is 4. The Morgan fingerprint density at radius 2 is 1.92 bits per heavy atom. The molecule has 0 unspecified atom stereocenters. The summed E-state index contributed by atoms with van der Waals surface area (Å²) in [6.45, 7) is -0.708. The minimum absolute atomic E-state index is 0.373. The third kappa shape index (κ3) is 2.69. The fourth-order valence-electron chi connectivity index (χ4n) is 2.83. The predicted octanol–water partition coefficient (Wildman–Crippen LogP) is -2.44. The number of hydrogen-bond donors (Lipinski definition) is 5. The van der Waals surface area contributed by atoms with Gasteiger partial charge in [0.1, 0.15) is 30.1 Å². The molecule has 1 fully saturated rings. The van der Waals surface area contributed by atoms with E-state index in [-0.39, 0.29) is 0 Å². The summed E-state index contributed by atoms with van der Waals surface area (Å²) in [5, 5.41) is 47.3. The summed E-state index contributed by atoms with van der Waals surface area (Å²) in [6, 6.07) is 8.91. The average molecular weight is 350 g/mol. The molecule has 1 amide bonds. The van der Waals surface area contributed by atoms with Crippen LogP contribution in [0.4, 0.5) is 0 Å². The number of benzene rings is 1. The second-order valence-electron chi connectivity index (χ2n) is 5.74. The molecule has 2 heterocycles. The van der Waals surface area contributed by atoms with E-state index >= 15 is 0 Å². The highest BCUT2D eigenvalue weighted by Crippen LogP contribution is 2.34. The average Bonchev–Trinajstić information content (AvgIpc) is 3.11. The van der Waals surface area contributed by atoms with E-state index in [1.54, 1.807) is 24.3 Å². The van der Waals surface area contributed by atoms with Crippen LogP contribution in [0.5, 0.6) is 0 Å². The summed E-state index contributed by atoms with van der Waals surface area (Å²) in [5.74, 6) is -1.16. The molecule has 1 saturated heterocycles. The Labute approximate surface area is 142 Å². The largest absolute Gasteiger partial charge is 0.394 e. The number of nitrogens with zero attached hydrogens (tertiary/aromatic N) is 3. The van der Waals surface area contributed by atoms with Crippen LogP contribution in [0.1, 0.15) is 0 Å². The van der Waals surface area contributed by atoms with Crippen molar-refractivity contribution in [3.63, 3.8) is 0 Å². The van der Waals surface area contributed by atoms with Gasteiger partial charge < -0.3 is 30.9 Å². The molecule has 2 aromatic rings. The van der Waals surface area contributed by atoms with Crippen molar-refractivity contribution in [1.29, 1.82) is 0 Å². The van der Waals surface area contributed by atoms with Gasteiger partial charge in [-0.05, 0) is 0 Å². The van der Waals surface area contributed by atoms with Gasteiger partial charge in [-0.3, -0.25) is 4.79 Å². The maximum absolute atomic E-state index is 12.1. The summed E-state index contributed by atoms with van der Waals surface area (Å²) >= 11 is 0. The van der Waals surface area contributed by atoms with Crippen LogP contribution in [0.15, 0.2) is 36.5 Å². The minimum atomic E-state index is -2.33. The van der Waals surface area contributed by atoms with E-state index in [1.807, 2.05) is 6.07 Å². The van der Waals surface area contributed by atoms with Gasteiger partial charge in [-0.25, -0.2) is 4.68 Å². The van der Waals surface area contributed by atoms with Crippen molar-refractivity contribution in [2.45, 2.75) is 30.1 Å². The van der Waals surface area contributed by atoms with Gasteiger partial charge >= 0.3 is 0 Å². The number of carbonyl (C=O) groups excluding carboxylic acids is 1. The number of hydrogen-bond acceptors (Lipinski definition) is 8. The van der Waals surface area contributed by atoms with E-state index in [4.69, 9.17) is 10.5 Å². The molecule has 10 heteroatoms. The van der Waals surface area contributed by atoms with Crippen molar-refractivity contribution in [3.8, 4) is 11.3 Å². The Morgan fingerprint density at radius 1 is 1.24 bits per heavy atom. The van der Waals surface area contributed by atoms with Crippen LogP contribution in [0.25, 0.3) is 11.3 Å². The first-order chi connectivity index (χ1) is 11.9. The van der Waals surface area contributed by atoms with Gasteiger partial charge in [0.25, 0.3) is 11.6 Å². The smallest absolute Gasteiger partial charge is 0.275 e. The van der Waals surface area contributed by atoms with Gasteiger partial charge in [0.05, 0.1) is 12.8 Å².